The van der Waals surface area contributed by atoms with Gasteiger partial charge in [0, 0.05) is 17.7 Å². The van der Waals surface area contributed by atoms with Crippen LogP contribution in [0.3, 0.4) is 0 Å². The Morgan fingerprint density at radius 3 is 2.58 bits per heavy atom. The van der Waals surface area contributed by atoms with Crippen molar-refractivity contribution in [3.63, 3.8) is 0 Å². The molecule has 2 aromatic rings. The van der Waals surface area contributed by atoms with E-state index in [1.54, 1.807) is 6.92 Å². The third-order valence-electron chi connectivity index (χ3n) is 3.30. The quantitative estimate of drug-likeness (QED) is 0.381. The molecule has 0 saturated heterocycles. The molecule has 2 aromatic carbocycles. The van der Waals surface area contributed by atoms with Crippen LogP contribution in [0.15, 0.2) is 39.7 Å². The van der Waals surface area contributed by atoms with Gasteiger partial charge < -0.3 is 8.92 Å². The molecule has 0 unspecified atom stereocenters. The van der Waals surface area contributed by atoms with Crippen molar-refractivity contribution < 1.29 is 22.3 Å². The predicted octanol–water partition coefficient (Wildman–Crippen LogP) is 3.70. The minimum atomic E-state index is -4.37. The number of nitro groups is 1. The van der Waals surface area contributed by atoms with Crippen molar-refractivity contribution in [2.24, 2.45) is 0 Å². The second-order valence-corrected chi connectivity index (χ2v) is 7.47. The van der Waals surface area contributed by atoms with Gasteiger partial charge in [0.1, 0.15) is 4.90 Å². The zero-order valence-electron chi connectivity index (χ0n) is 13.7. The van der Waals surface area contributed by atoms with E-state index in [1.807, 2.05) is 6.07 Å². The van der Waals surface area contributed by atoms with Crippen LogP contribution >= 0.6 is 15.9 Å². The summed E-state index contributed by atoms with van der Waals surface area (Å²) in [6, 6.07) is 8.12. The smallest absolute Gasteiger partial charge is 0.339 e. The highest BCUT2D eigenvalue weighted by Crippen LogP contribution is 2.39. The number of ether oxygens (including phenoxy) is 1. The molecule has 0 saturated carbocycles. The van der Waals surface area contributed by atoms with E-state index in [-0.39, 0.29) is 38.7 Å². The lowest BCUT2D eigenvalue weighted by Gasteiger charge is -2.14. The number of aryl methyl sites for hydroxylation is 1. The molecule has 10 heteroatoms. The third-order valence-corrected chi connectivity index (χ3v) is 5.10. The first-order valence-corrected chi connectivity index (χ1v) is 9.45. The van der Waals surface area contributed by atoms with Gasteiger partial charge in [0.15, 0.2) is 11.5 Å². The first-order chi connectivity index (χ1) is 12.2. The van der Waals surface area contributed by atoms with E-state index in [9.17, 15) is 18.5 Å². The Hall–Kier alpha value is -2.64. The van der Waals surface area contributed by atoms with Crippen molar-refractivity contribution in [3.8, 4) is 17.6 Å². The fraction of sp³-hybridized carbons (Fsp3) is 0.188. The van der Waals surface area contributed by atoms with Crippen LogP contribution in [0.5, 0.6) is 11.5 Å². The first-order valence-electron chi connectivity index (χ1n) is 7.25. The minimum Gasteiger partial charge on any atom is -0.490 e. The molecular weight excluding hydrogens is 428 g/mol. The van der Waals surface area contributed by atoms with Crippen molar-refractivity contribution in [1.82, 2.24) is 0 Å². The van der Waals surface area contributed by atoms with Crippen molar-refractivity contribution in [2.45, 2.75) is 18.7 Å². The van der Waals surface area contributed by atoms with Crippen LogP contribution in [-0.2, 0) is 10.1 Å². The van der Waals surface area contributed by atoms with E-state index in [2.05, 4.69) is 15.9 Å². The normalized spacial score (nSPS) is 10.8. The molecule has 26 heavy (non-hydrogen) atoms. The molecule has 0 atom stereocenters. The summed E-state index contributed by atoms with van der Waals surface area (Å²) < 4.78 is 35.8. The largest absolute Gasteiger partial charge is 0.490 e. The van der Waals surface area contributed by atoms with Gasteiger partial charge in [-0.05, 0) is 41.9 Å². The average Bonchev–Trinajstić information content (AvgIpc) is 2.57. The Labute approximate surface area is 158 Å². The summed E-state index contributed by atoms with van der Waals surface area (Å²) in [7, 11) is -4.37. The molecule has 0 fully saturated rings. The highest BCUT2D eigenvalue weighted by Gasteiger charge is 2.25. The van der Waals surface area contributed by atoms with Crippen LogP contribution in [0.4, 0.5) is 5.69 Å². The van der Waals surface area contributed by atoms with Crippen LogP contribution in [0.25, 0.3) is 0 Å². The lowest BCUT2D eigenvalue weighted by Crippen LogP contribution is -2.12. The Balaban J connectivity index is 2.52. The van der Waals surface area contributed by atoms with E-state index >= 15 is 0 Å². The monoisotopic (exact) mass is 440 g/mol. The van der Waals surface area contributed by atoms with Crippen molar-refractivity contribution >= 4 is 31.7 Å². The van der Waals surface area contributed by atoms with Gasteiger partial charge in [-0.25, -0.2) is 0 Å². The summed E-state index contributed by atoms with van der Waals surface area (Å²) in [5.41, 5.74) is 0.234. The van der Waals surface area contributed by atoms with Gasteiger partial charge in [-0.1, -0.05) is 6.07 Å². The number of benzene rings is 2. The van der Waals surface area contributed by atoms with Gasteiger partial charge in [0.05, 0.1) is 27.6 Å². The highest BCUT2D eigenvalue weighted by atomic mass is 79.9. The molecule has 0 aliphatic carbocycles. The molecule has 136 valence electrons. The van der Waals surface area contributed by atoms with E-state index < -0.39 is 15.0 Å². The van der Waals surface area contributed by atoms with Crippen LogP contribution in [0.2, 0.25) is 0 Å². The molecule has 2 rings (SSSR count). The van der Waals surface area contributed by atoms with Gasteiger partial charge >= 0.3 is 10.1 Å². The number of hydrogen-bond donors (Lipinski definition) is 0. The van der Waals surface area contributed by atoms with E-state index in [1.165, 1.54) is 31.2 Å². The molecule has 0 aromatic heterocycles. The summed E-state index contributed by atoms with van der Waals surface area (Å²) in [6.07, 6.45) is 0. The van der Waals surface area contributed by atoms with Crippen LogP contribution in [0.1, 0.15) is 18.1 Å². The summed E-state index contributed by atoms with van der Waals surface area (Å²) >= 11 is 3.15. The van der Waals surface area contributed by atoms with Crippen LogP contribution in [-0.4, -0.2) is 19.9 Å². The lowest BCUT2D eigenvalue weighted by molar-refractivity contribution is -0.385. The summed E-state index contributed by atoms with van der Waals surface area (Å²) in [5.74, 6) is -0.0855. The number of rotatable bonds is 6. The van der Waals surface area contributed by atoms with E-state index in [4.69, 9.17) is 14.2 Å². The Morgan fingerprint density at radius 2 is 2.00 bits per heavy atom. The van der Waals surface area contributed by atoms with Crippen molar-refractivity contribution in [3.05, 3.63) is 56.0 Å². The second kappa shape index (κ2) is 7.72. The highest BCUT2D eigenvalue weighted by molar-refractivity contribution is 9.10. The molecule has 0 spiro atoms. The molecule has 0 aliphatic rings. The van der Waals surface area contributed by atoms with E-state index in [0.29, 0.717) is 5.56 Å². The predicted molar refractivity (Wildman–Crippen MR) is 95.7 cm³/mol. The standard InChI is InChI=1S/C16H13BrN2O6S/c1-3-24-15-7-11(9-18)6-13(17)16(15)25-26(22,23)12-5-4-10(2)14(8-12)19(20)21/h4-8H,3H2,1-2H3. The fourth-order valence-electron chi connectivity index (χ4n) is 2.08. The Kier molecular flexibility index (Phi) is 5.84. The summed E-state index contributed by atoms with van der Waals surface area (Å²) in [5, 5.41) is 20.1. The van der Waals surface area contributed by atoms with Crippen LogP contribution in [0, 0.1) is 28.4 Å². The molecule has 0 amide bonds. The van der Waals surface area contributed by atoms with Crippen molar-refractivity contribution in [1.29, 1.82) is 5.26 Å². The van der Waals surface area contributed by atoms with Crippen molar-refractivity contribution in [2.75, 3.05) is 6.61 Å². The van der Waals surface area contributed by atoms with Gasteiger partial charge in [0.2, 0.25) is 0 Å². The maximum atomic E-state index is 12.6. The van der Waals surface area contributed by atoms with Gasteiger partial charge in [-0.2, -0.15) is 13.7 Å². The fourth-order valence-corrected chi connectivity index (χ4v) is 3.68. The Bertz CT molecular complexity index is 1010. The number of nitrogens with zero attached hydrogens (tertiary/aromatic N) is 2. The Morgan fingerprint density at radius 1 is 1.31 bits per heavy atom. The average molecular weight is 441 g/mol. The number of hydrogen-bond acceptors (Lipinski definition) is 7. The molecule has 0 radical (unpaired) electrons. The number of nitro benzene ring substituents is 1. The topological polar surface area (TPSA) is 120 Å². The summed E-state index contributed by atoms with van der Waals surface area (Å²) in [6.45, 7) is 3.40. The lowest BCUT2D eigenvalue weighted by atomic mass is 10.2. The molecule has 8 nitrogen and oxygen atoms in total. The number of nitriles is 1. The second-order valence-electron chi connectivity index (χ2n) is 5.07. The summed E-state index contributed by atoms with van der Waals surface area (Å²) in [4.78, 5) is 10.00. The number of halogens is 1. The first kappa shape index (κ1) is 19.7. The van der Waals surface area contributed by atoms with Gasteiger partial charge in [-0.3, -0.25) is 10.1 Å². The zero-order valence-corrected chi connectivity index (χ0v) is 16.1. The SMILES string of the molecule is CCOc1cc(C#N)cc(Br)c1OS(=O)(=O)c1ccc(C)c([N+](=O)[O-])c1. The third kappa shape index (κ3) is 4.12. The zero-order chi connectivity index (χ0) is 19.5. The molecule has 0 aliphatic heterocycles. The van der Waals surface area contributed by atoms with Crippen LogP contribution < -0.4 is 8.92 Å². The minimum absolute atomic E-state index is 0.0589. The molecule has 0 N–H and O–H groups in total. The van der Waals surface area contributed by atoms with E-state index in [0.717, 1.165) is 6.07 Å². The maximum absolute atomic E-state index is 12.6. The maximum Gasteiger partial charge on any atom is 0.339 e. The molecular formula is C16H13BrN2O6S. The molecule has 0 heterocycles. The van der Waals surface area contributed by atoms with Gasteiger partial charge in [-0.15, -0.1) is 0 Å². The van der Waals surface area contributed by atoms with Gasteiger partial charge in [0.25, 0.3) is 5.69 Å². The molecule has 0 bridgehead atoms.